The molecular weight excluding hydrogens is 230 g/mol. The summed E-state index contributed by atoms with van der Waals surface area (Å²) in [6.07, 6.45) is 0. The van der Waals surface area contributed by atoms with Crippen LogP contribution < -0.4 is 22.1 Å². The van der Waals surface area contributed by atoms with E-state index in [1.54, 1.807) is 13.8 Å². The molecule has 0 amide bonds. The third kappa shape index (κ3) is 2.18. The van der Waals surface area contributed by atoms with Gasteiger partial charge in [-0.1, -0.05) is 0 Å². The SMILES string of the molecule is CC(C)N(N)c1[nH]c(=O)n(C)c(=O)c1[N+](=O)[O-]. The lowest BCUT2D eigenvalue weighted by atomic mass is 10.3. The Morgan fingerprint density at radius 1 is 1.47 bits per heavy atom. The van der Waals surface area contributed by atoms with Gasteiger partial charge in [0.25, 0.3) is 0 Å². The van der Waals surface area contributed by atoms with Crippen LogP contribution in [0.25, 0.3) is 0 Å². The molecule has 1 aromatic rings. The highest BCUT2D eigenvalue weighted by atomic mass is 16.6. The van der Waals surface area contributed by atoms with Crippen LogP contribution in [0.15, 0.2) is 9.59 Å². The zero-order valence-electron chi connectivity index (χ0n) is 9.63. The van der Waals surface area contributed by atoms with Crippen molar-refractivity contribution in [1.29, 1.82) is 0 Å². The molecule has 0 bridgehead atoms. The summed E-state index contributed by atoms with van der Waals surface area (Å²) in [5, 5.41) is 11.8. The minimum Gasteiger partial charge on any atom is -0.288 e. The molecule has 0 radical (unpaired) electrons. The number of aromatic amines is 1. The zero-order valence-corrected chi connectivity index (χ0v) is 9.63. The number of nitro groups is 1. The van der Waals surface area contributed by atoms with E-state index in [1.165, 1.54) is 0 Å². The van der Waals surface area contributed by atoms with Gasteiger partial charge in [-0.25, -0.2) is 10.6 Å². The molecule has 9 nitrogen and oxygen atoms in total. The second-order valence-electron chi connectivity index (χ2n) is 3.75. The van der Waals surface area contributed by atoms with Gasteiger partial charge in [0.15, 0.2) is 0 Å². The highest BCUT2D eigenvalue weighted by Gasteiger charge is 2.26. The van der Waals surface area contributed by atoms with Crippen molar-refractivity contribution in [3.8, 4) is 0 Å². The number of H-pyrrole nitrogens is 1. The molecule has 0 aliphatic carbocycles. The maximum Gasteiger partial charge on any atom is 0.375 e. The predicted octanol–water partition coefficient (Wildman–Crippen LogP) is -0.930. The molecule has 17 heavy (non-hydrogen) atoms. The molecule has 1 rings (SSSR count). The molecule has 0 atom stereocenters. The van der Waals surface area contributed by atoms with Crippen molar-refractivity contribution >= 4 is 11.5 Å². The Bertz CT molecular complexity index is 558. The Labute approximate surface area is 95.6 Å². The van der Waals surface area contributed by atoms with Gasteiger partial charge in [0.1, 0.15) is 0 Å². The average molecular weight is 243 g/mol. The Kier molecular flexibility index (Phi) is 3.32. The lowest BCUT2D eigenvalue weighted by Crippen LogP contribution is -2.43. The topological polar surface area (TPSA) is 127 Å². The van der Waals surface area contributed by atoms with Crippen molar-refractivity contribution in [1.82, 2.24) is 9.55 Å². The largest absolute Gasteiger partial charge is 0.375 e. The Hall–Kier alpha value is -2.16. The summed E-state index contributed by atoms with van der Waals surface area (Å²) in [6.45, 7) is 3.33. The van der Waals surface area contributed by atoms with Gasteiger partial charge in [-0.15, -0.1) is 0 Å². The average Bonchev–Trinajstić information content (AvgIpc) is 2.23. The number of hydrazine groups is 1. The van der Waals surface area contributed by atoms with Crippen molar-refractivity contribution in [2.45, 2.75) is 19.9 Å². The smallest absolute Gasteiger partial charge is 0.288 e. The summed E-state index contributed by atoms with van der Waals surface area (Å²) >= 11 is 0. The van der Waals surface area contributed by atoms with Crippen LogP contribution >= 0.6 is 0 Å². The molecule has 0 unspecified atom stereocenters. The van der Waals surface area contributed by atoms with Crippen LogP contribution in [0.4, 0.5) is 11.5 Å². The number of nitrogens with two attached hydrogens (primary N) is 1. The number of nitrogens with one attached hydrogen (secondary N) is 1. The molecule has 0 aliphatic rings. The second kappa shape index (κ2) is 4.37. The van der Waals surface area contributed by atoms with Gasteiger partial charge in [-0.05, 0) is 13.8 Å². The fourth-order valence-electron chi connectivity index (χ4n) is 1.21. The number of hydrogen-bond donors (Lipinski definition) is 2. The van der Waals surface area contributed by atoms with E-state index in [9.17, 15) is 19.7 Å². The van der Waals surface area contributed by atoms with E-state index < -0.39 is 21.9 Å². The van der Waals surface area contributed by atoms with Crippen LogP contribution in [0.1, 0.15) is 13.8 Å². The zero-order chi connectivity index (χ0) is 13.3. The maximum absolute atomic E-state index is 11.6. The number of aromatic nitrogens is 2. The molecule has 3 N–H and O–H groups in total. The Balaban J connectivity index is 3.66. The highest BCUT2D eigenvalue weighted by Crippen LogP contribution is 2.18. The normalized spacial score (nSPS) is 10.6. The molecule has 0 saturated carbocycles. The first kappa shape index (κ1) is 12.9. The van der Waals surface area contributed by atoms with Crippen LogP contribution in [0.2, 0.25) is 0 Å². The van der Waals surface area contributed by atoms with Crippen LogP contribution in [-0.4, -0.2) is 20.5 Å². The van der Waals surface area contributed by atoms with Crippen LogP contribution in [0, 0.1) is 10.1 Å². The highest BCUT2D eigenvalue weighted by molar-refractivity contribution is 5.55. The number of hydrogen-bond acceptors (Lipinski definition) is 6. The minimum absolute atomic E-state index is 0.293. The van der Waals surface area contributed by atoms with E-state index in [4.69, 9.17) is 5.84 Å². The van der Waals surface area contributed by atoms with E-state index in [2.05, 4.69) is 4.98 Å². The van der Waals surface area contributed by atoms with Crippen molar-refractivity contribution in [2.75, 3.05) is 5.01 Å². The molecule has 1 heterocycles. The molecule has 1 aromatic heterocycles. The Morgan fingerprint density at radius 3 is 2.41 bits per heavy atom. The minimum atomic E-state index is -0.996. The predicted molar refractivity (Wildman–Crippen MR) is 60.8 cm³/mol. The lowest BCUT2D eigenvalue weighted by molar-refractivity contribution is -0.386. The quantitative estimate of drug-likeness (QED) is 0.401. The summed E-state index contributed by atoms with van der Waals surface area (Å²) in [7, 11) is 1.15. The van der Waals surface area contributed by atoms with Gasteiger partial charge in [0.2, 0.25) is 5.82 Å². The van der Waals surface area contributed by atoms with Crippen molar-refractivity contribution in [3.05, 3.63) is 31.0 Å². The molecule has 0 spiro atoms. The third-order valence-corrected chi connectivity index (χ3v) is 2.26. The summed E-state index contributed by atoms with van der Waals surface area (Å²) in [6, 6.07) is -0.309. The summed E-state index contributed by atoms with van der Waals surface area (Å²) in [4.78, 5) is 35.1. The maximum atomic E-state index is 11.6. The fraction of sp³-hybridized carbons (Fsp3) is 0.500. The summed E-state index contributed by atoms with van der Waals surface area (Å²) in [5.41, 5.74) is -2.50. The van der Waals surface area contributed by atoms with Crippen LogP contribution in [0.5, 0.6) is 0 Å². The first-order valence-corrected chi connectivity index (χ1v) is 4.79. The van der Waals surface area contributed by atoms with E-state index in [0.29, 0.717) is 4.57 Å². The first-order chi connectivity index (χ1) is 7.77. The molecule has 0 aliphatic heterocycles. The van der Waals surface area contributed by atoms with Crippen molar-refractivity contribution < 1.29 is 4.92 Å². The first-order valence-electron chi connectivity index (χ1n) is 4.79. The van der Waals surface area contributed by atoms with Gasteiger partial charge < -0.3 is 0 Å². The van der Waals surface area contributed by atoms with Crippen LogP contribution in [0.3, 0.4) is 0 Å². The number of anilines is 1. The van der Waals surface area contributed by atoms with Gasteiger partial charge >= 0.3 is 16.9 Å². The monoisotopic (exact) mass is 243 g/mol. The van der Waals surface area contributed by atoms with Crippen molar-refractivity contribution in [2.24, 2.45) is 12.9 Å². The standard InChI is InChI=1S/C8H13N5O4/c1-4(2)12(9)6-5(13(16)17)7(14)11(3)8(15)10-6/h4H,9H2,1-3H3,(H,10,15). The molecule has 0 saturated heterocycles. The second-order valence-corrected chi connectivity index (χ2v) is 3.75. The van der Waals surface area contributed by atoms with Gasteiger partial charge in [0.05, 0.1) is 4.92 Å². The molecule has 0 aromatic carbocycles. The molecule has 9 heteroatoms. The Morgan fingerprint density at radius 2 is 2.00 bits per heavy atom. The lowest BCUT2D eigenvalue weighted by Gasteiger charge is -2.21. The summed E-state index contributed by atoms with van der Waals surface area (Å²) in [5.74, 6) is 5.28. The number of rotatable bonds is 3. The summed E-state index contributed by atoms with van der Waals surface area (Å²) < 4.78 is 0.621. The van der Waals surface area contributed by atoms with Gasteiger partial charge in [0, 0.05) is 13.1 Å². The van der Waals surface area contributed by atoms with E-state index in [1.807, 2.05) is 0 Å². The van der Waals surface area contributed by atoms with E-state index in [0.717, 1.165) is 12.1 Å². The third-order valence-electron chi connectivity index (χ3n) is 2.26. The van der Waals surface area contributed by atoms with E-state index in [-0.39, 0.29) is 11.9 Å². The molecule has 94 valence electrons. The fourth-order valence-corrected chi connectivity index (χ4v) is 1.21. The number of nitrogens with zero attached hydrogens (tertiary/aromatic N) is 3. The van der Waals surface area contributed by atoms with Crippen LogP contribution in [-0.2, 0) is 7.05 Å². The molecule has 0 fully saturated rings. The van der Waals surface area contributed by atoms with Gasteiger partial charge in [-0.2, -0.15) is 0 Å². The van der Waals surface area contributed by atoms with Crippen molar-refractivity contribution in [3.63, 3.8) is 0 Å². The molecular formula is C8H13N5O4. The van der Waals surface area contributed by atoms with E-state index >= 15 is 0 Å². The van der Waals surface area contributed by atoms with Gasteiger partial charge in [-0.3, -0.25) is 29.5 Å².